The molecule has 0 saturated heterocycles. The van der Waals surface area contributed by atoms with E-state index < -0.39 is 16.1 Å². The summed E-state index contributed by atoms with van der Waals surface area (Å²) >= 11 is 0. The van der Waals surface area contributed by atoms with Crippen LogP contribution in [-0.4, -0.2) is 37.2 Å². The Balaban J connectivity index is 2.18. The quantitative estimate of drug-likeness (QED) is 0.558. The van der Waals surface area contributed by atoms with Crippen molar-refractivity contribution in [1.82, 2.24) is 9.71 Å². The second kappa shape index (κ2) is 7.89. The monoisotopic (exact) mass is 395 g/mol. The number of pyridine rings is 1. The highest BCUT2D eigenvalue weighted by Crippen LogP contribution is 2.42. The van der Waals surface area contributed by atoms with Crippen molar-refractivity contribution in [2.24, 2.45) is 10.8 Å². The third-order valence-corrected chi connectivity index (χ3v) is 6.71. The van der Waals surface area contributed by atoms with Crippen LogP contribution < -0.4 is 10.0 Å². The normalized spacial score (nSPS) is 22.1. The minimum atomic E-state index is -3.73. The maximum absolute atomic E-state index is 12.9. The van der Waals surface area contributed by atoms with Crippen molar-refractivity contribution < 1.29 is 13.5 Å². The summed E-state index contributed by atoms with van der Waals surface area (Å²) < 4.78 is 28.6. The van der Waals surface area contributed by atoms with Crippen molar-refractivity contribution in [2.45, 2.75) is 70.9 Å². The van der Waals surface area contributed by atoms with E-state index in [9.17, 15) is 13.5 Å². The van der Waals surface area contributed by atoms with Gasteiger partial charge in [-0.15, -0.1) is 6.58 Å². The summed E-state index contributed by atoms with van der Waals surface area (Å²) in [6.07, 6.45) is 5.37. The molecular weight excluding hydrogens is 362 g/mol. The molecule has 3 N–H and O–H groups in total. The molecule has 1 aliphatic carbocycles. The van der Waals surface area contributed by atoms with E-state index in [1.807, 2.05) is 40.7 Å². The molecule has 2 rings (SSSR count). The number of hydrogen-bond donors (Lipinski definition) is 3. The van der Waals surface area contributed by atoms with Gasteiger partial charge in [-0.25, -0.2) is 18.1 Å². The molecule has 1 aromatic rings. The molecule has 1 heterocycles. The van der Waals surface area contributed by atoms with Gasteiger partial charge in [0, 0.05) is 12.7 Å². The van der Waals surface area contributed by atoms with Gasteiger partial charge in [-0.3, -0.25) is 0 Å². The zero-order chi connectivity index (χ0) is 20.5. The lowest BCUT2D eigenvalue weighted by Crippen LogP contribution is -2.56. The minimum absolute atomic E-state index is 0.124. The zero-order valence-corrected chi connectivity index (χ0v) is 17.9. The fourth-order valence-electron chi connectivity index (χ4n) is 3.29. The molecule has 152 valence electrons. The van der Waals surface area contributed by atoms with Crippen LogP contribution in [0.15, 0.2) is 29.8 Å². The molecule has 2 atom stereocenters. The molecule has 0 unspecified atom stereocenters. The first-order chi connectivity index (χ1) is 12.4. The largest absolute Gasteiger partial charge is 0.390 e. The number of allylic oxidation sites excluding steroid dienone is 1. The Morgan fingerprint density at radius 2 is 2.11 bits per heavy atom. The third-order valence-electron chi connectivity index (χ3n) is 5.29. The van der Waals surface area contributed by atoms with Gasteiger partial charge >= 0.3 is 0 Å². The van der Waals surface area contributed by atoms with Crippen LogP contribution in [0, 0.1) is 17.8 Å². The summed E-state index contributed by atoms with van der Waals surface area (Å²) in [5.74, 6) is 0.288. The Morgan fingerprint density at radius 3 is 2.67 bits per heavy atom. The molecule has 0 radical (unpaired) electrons. The first-order valence-corrected chi connectivity index (χ1v) is 10.9. The lowest BCUT2D eigenvalue weighted by atomic mass is 9.65. The van der Waals surface area contributed by atoms with Crippen molar-refractivity contribution in [3.63, 3.8) is 0 Å². The van der Waals surface area contributed by atoms with Crippen LogP contribution in [0.3, 0.4) is 0 Å². The number of sulfonamides is 1. The standard InChI is InChI=1S/C20H33N3O3S/c1-7-8-9-19(3,4)13-22-27(25,26)16-10-14(2)12-21-18(16)23-15-11-20(5,6)17(15)24/h7,10,12,15,17,22,24H,1,8-9,11,13H2,2-6H3,(H,21,23)/t15-,17-/m1/s1. The van der Waals surface area contributed by atoms with Gasteiger partial charge < -0.3 is 10.4 Å². The summed E-state index contributed by atoms with van der Waals surface area (Å²) in [6, 6.07) is 1.41. The average Bonchev–Trinajstić information content (AvgIpc) is 2.59. The Morgan fingerprint density at radius 1 is 1.44 bits per heavy atom. The number of aliphatic hydroxyl groups is 1. The molecule has 1 fully saturated rings. The third kappa shape index (κ3) is 5.30. The number of aryl methyl sites for hydroxylation is 1. The molecule has 0 aromatic carbocycles. The van der Waals surface area contributed by atoms with E-state index in [0.29, 0.717) is 6.54 Å². The number of aromatic nitrogens is 1. The molecule has 0 bridgehead atoms. The lowest BCUT2D eigenvalue weighted by molar-refractivity contribution is -0.0515. The molecule has 1 aromatic heterocycles. The first kappa shape index (κ1) is 21.9. The number of nitrogens with one attached hydrogen (secondary N) is 2. The summed E-state index contributed by atoms with van der Waals surface area (Å²) in [5.41, 5.74) is 0.413. The second-order valence-electron chi connectivity index (χ2n) is 9.06. The van der Waals surface area contributed by atoms with Crippen LogP contribution in [-0.2, 0) is 10.0 Å². The molecule has 0 amide bonds. The number of hydrogen-bond acceptors (Lipinski definition) is 5. The summed E-state index contributed by atoms with van der Waals surface area (Å²) in [7, 11) is -3.73. The van der Waals surface area contributed by atoms with Crippen molar-refractivity contribution >= 4 is 15.8 Å². The SMILES string of the molecule is C=CCCC(C)(C)CNS(=O)(=O)c1cc(C)cnc1N[C@@H]1CC(C)(C)[C@@H]1O. The maximum atomic E-state index is 12.9. The van der Waals surface area contributed by atoms with Crippen LogP contribution >= 0.6 is 0 Å². The number of nitrogens with zero attached hydrogens (tertiary/aromatic N) is 1. The van der Waals surface area contributed by atoms with Gasteiger partial charge in [-0.05, 0) is 48.6 Å². The van der Waals surface area contributed by atoms with Crippen molar-refractivity contribution in [2.75, 3.05) is 11.9 Å². The average molecular weight is 396 g/mol. The van der Waals surface area contributed by atoms with E-state index in [2.05, 4.69) is 21.6 Å². The Labute approximate surface area is 163 Å². The van der Waals surface area contributed by atoms with E-state index in [0.717, 1.165) is 24.8 Å². The van der Waals surface area contributed by atoms with Crippen molar-refractivity contribution in [3.05, 3.63) is 30.5 Å². The smallest absolute Gasteiger partial charge is 0.244 e. The van der Waals surface area contributed by atoms with E-state index >= 15 is 0 Å². The number of aliphatic hydroxyl groups excluding tert-OH is 1. The maximum Gasteiger partial charge on any atom is 0.244 e. The molecule has 0 spiro atoms. The first-order valence-electron chi connectivity index (χ1n) is 9.40. The van der Waals surface area contributed by atoms with Crippen molar-refractivity contribution in [1.29, 1.82) is 0 Å². The fraction of sp³-hybridized carbons (Fsp3) is 0.650. The number of rotatable bonds is 9. The van der Waals surface area contributed by atoms with Crippen LogP contribution in [0.4, 0.5) is 5.82 Å². The lowest BCUT2D eigenvalue weighted by Gasteiger charge is -2.48. The minimum Gasteiger partial charge on any atom is -0.390 e. The van der Waals surface area contributed by atoms with Gasteiger partial charge in [-0.1, -0.05) is 33.8 Å². The molecule has 1 saturated carbocycles. The highest BCUT2D eigenvalue weighted by Gasteiger charge is 2.46. The topological polar surface area (TPSA) is 91.3 Å². The van der Waals surface area contributed by atoms with Gasteiger partial charge in [0.1, 0.15) is 10.7 Å². The summed E-state index contributed by atoms with van der Waals surface area (Å²) in [6.45, 7) is 13.9. The molecule has 6 nitrogen and oxygen atoms in total. The zero-order valence-electron chi connectivity index (χ0n) is 17.0. The van der Waals surface area contributed by atoms with E-state index in [-0.39, 0.29) is 27.6 Å². The molecule has 0 aliphatic heterocycles. The van der Waals surface area contributed by atoms with E-state index in [4.69, 9.17) is 0 Å². The Kier molecular flexibility index (Phi) is 6.39. The molecule has 1 aliphatic rings. The van der Waals surface area contributed by atoms with Gasteiger partial charge in [-0.2, -0.15) is 0 Å². The summed E-state index contributed by atoms with van der Waals surface area (Å²) in [5, 5.41) is 13.4. The number of anilines is 1. The van der Waals surface area contributed by atoms with Gasteiger partial charge in [0.2, 0.25) is 10.0 Å². The Bertz CT molecular complexity index is 788. The van der Waals surface area contributed by atoms with E-state index in [1.54, 1.807) is 12.3 Å². The fourth-order valence-corrected chi connectivity index (χ4v) is 4.74. The van der Waals surface area contributed by atoms with Gasteiger partial charge in [0.05, 0.1) is 12.1 Å². The van der Waals surface area contributed by atoms with Crippen LogP contribution in [0.5, 0.6) is 0 Å². The summed E-state index contributed by atoms with van der Waals surface area (Å²) in [4.78, 5) is 4.41. The highest BCUT2D eigenvalue weighted by atomic mass is 32.2. The Hall–Kier alpha value is -1.44. The molecular formula is C20H33N3O3S. The van der Waals surface area contributed by atoms with E-state index in [1.165, 1.54) is 0 Å². The highest BCUT2D eigenvalue weighted by molar-refractivity contribution is 7.89. The van der Waals surface area contributed by atoms with Crippen LogP contribution in [0.2, 0.25) is 0 Å². The van der Waals surface area contributed by atoms with Crippen molar-refractivity contribution in [3.8, 4) is 0 Å². The van der Waals surface area contributed by atoms with Crippen LogP contribution in [0.25, 0.3) is 0 Å². The second-order valence-corrected chi connectivity index (χ2v) is 10.8. The van der Waals surface area contributed by atoms with Gasteiger partial charge in [0.15, 0.2) is 0 Å². The molecule has 27 heavy (non-hydrogen) atoms. The molecule has 7 heteroatoms. The predicted molar refractivity (Wildman–Crippen MR) is 109 cm³/mol. The van der Waals surface area contributed by atoms with Gasteiger partial charge in [0.25, 0.3) is 0 Å². The predicted octanol–water partition coefficient (Wildman–Crippen LogP) is 3.23. The van der Waals surface area contributed by atoms with Crippen LogP contribution in [0.1, 0.15) is 52.5 Å².